The number of rotatable bonds is 7. The summed E-state index contributed by atoms with van der Waals surface area (Å²) in [4.78, 5) is 14.8. The van der Waals surface area contributed by atoms with Crippen LogP contribution >= 0.6 is 0 Å². The molecule has 0 spiro atoms. The Morgan fingerprint density at radius 2 is 1.95 bits per heavy atom. The maximum absolute atomic E-state index is 12.2. The van der Waals surface area contributed by atoms with Gasteiger partial charge in [-0.15, -0.1) is 0 Å². The lowest BCUT2D eigenvalue weighted by atomic mass is 9.86. The van der Waals surface area contributed by atoms with Crippen molar-refractivity contribution in [1.82, 2.24) is 15.5 Å². The van der Waals surface area contributed by atoms with Gasteiger partial charge in [-0.25, -0.2) is 0 Å². The Morgan fingerprint density at radius 3 is 2.59 bits per heavy atom. The van der Waals surface area contributed by atoms with Crippen LogP contribution in [0, 0.1) is 5.92 Å². The van der Waals surface area contributed by atoms with E-state index in [1.54, 1.807) is 0 Å². The topological polar surface area (TPSA) is 53.6 Å². The van der Waals surface area contributed by atoms with E-state index >= 15 is 0 Å². The van der Waals surface area contributed by atoms with Crippen molar-refractivity contribution in [3.05, 3.63) is 0 Å². The predicted molar refractivity (Wildman–Crippen MR) is 86.8 cm³/mol. The van der Waals surface area contributed by atoms with E-state index in [0.29, 0.717) is 6.54 Å². The van der Waals surface area contributed by atoms with Crippen molar-refractivity contribution in [2.24, 2.45) is 5.92 Å². The van der Waals surface area contributed by atoms with Crippen LogP contribution < -0.4 is 10.6 Å². The maximum atomic E-state index is 12.2. The summed E-state index contributed by atoms with van der Waals surface area (Å²) in [6, 6.07) is 0.211. The molecule has 3 fully saturated rings. The molecule has 1 aliphatic heterocycles. The normalized spacial score (nSPS) is 26.8. The van der Waals surface area contributed by atoms with Gasteiger partial charge in [0.25, 0.3) is 0 Å². The summed E-state index contributed by atoms with van der Waals surface area (Å²) in [5, 5.41) is 6.56. The van der Waals surface area contributed by atoms with Gasteiger partial charge in [-0.3, -0.25) is 9.69 Å². The lowest BCUT2D eigenvalue weighted by Gasteiger charge is -2.47. The Hall–Kier alpha value is -0.650. The second-order valence-corrected chi connectivity index (χ2v) is 7.27. The molecule has 3 rings (SSSR count). The van der Waals surface area contributed by atoms with Crippen LogP contribution in [0.4, 0.5) is 0 Å². The fourth-order valence-electron chi connectivity index (χ4n) is 4.16. The number of carbonyl (C=O) groups excluding carboxylic acids is 1. The van der Waals surface area contributed by atoms with Crippen molar-refractivity contribution in [1.29, 1.82) is 0 Å². The first-order valence-corrected chi connectivity index (χ1v) is 9.03. The number of amides is 1. The van der Waals surface area contributed by atoms with Gasteiger partial charge in [-0.05, 0) is 45.1 Å². The number of carbonyl (C=O) groups is 1. The number of hydrogen-bond acceptors (Lipinski definition) is 4. The van der Waals surface area contributed by atoms with Crippen LogP contribution in [0.2, 0.25) is 0 Å². The fraction of sp³-hybridized carbons (Fsp3) is 0.941. The molecule has 1 atom stereocenters. The minimum absolute atomic E-state index is 0.146. The van der Waals surface area contributed by atoms with Gasteiger partial charge in [-0.2, -0.15) is 0 Å². The SMILES string of the molecule is CC(NC(=O)CNCC1CC1)C1(N2CCOCC2)CCCC1. The molecule has 3 aliphatic rings. The Kier molecular flexibility index (Phi) is 5.37. The second-order valence-electron chi connectivity index (χ2n) is 7.27. The highest BCUT2D eigenvalue weighted by Crippen LogP contribution is 2.38. The summed E-state index contributed by atoms with van der Waals surface area (Å²) in [6.07, 6.45) is 7.60. The number of ether oxygens (including phenoxy) is 1. The van der Waals surface area contributed by atoms with Gasteiger partial charge in [0.1, 0.15) is 0 Å². The zero-order chi connectivity index (χ0) is 15.4. The van der Waals surface area contributed by atoms with E-state index in [1.165, 1.54) is 38.5 Å². The smallest absolute Gasteiger partial charge is 0.234 e. The predicted octanol–water partition coefficient (Wildman–Crippen LogP) is 1.14. The highest BCUT2D eigenvalue weighted by molar-refractivity contribution is 5.78. The highest BCUT2D eigenvalue weighted by Gasteiger charge is 2.44. The monoisotopic (exact) mass is 309 g/mol. The molecule has 0 radical (unpaired) electrons. The van der Waals surface area contributed by atoms with Crippen molar-refractivity contribution in [2.45, 2.75) is 57.0 Å². The first kappa shape index (κ1) is 16.2. The molecule has 0 aromatic rings. The van der Waals surface area contributed by atoms with Crippen molar-refractivity contribution >= 4 is 5.91 Å². The summed E-state index contributed by atoms with van der Waals surface area (Å²) >= 11 is 0. The quantitative estimate of drug-likeness (QED) is 0.740. The molecular formula is C17H31N3O2. The van der Waals surface area contributed by atoms with Crippen LogP contribution in [0.1, 0.15) is 45.4 Å². The third-order valence-electron chi connectivity index (χ3n) is 5.71. The van der Waals surface area contributed by atoms with E-state index in [9.17, 15) is 4.79 Å². The molecule has 2 saturated carbocycles. The molecule has 2 N–H and O–H groups in total. The molecule has 0 aromatic heterocycles. The van der Waals surface area contributed by atoms with Crippen LogP contribution in [-0.2, 0) is 9.53 Å². The number of hydrogen-bond donors (Lipinski definition) is 2. The molecule has 2 aliphatic carbocycles. The summed E-state index contributed by atoms with van der Waals surface area (Å²) in [5.41, 5.74) is 0.149. The molecule has 0 aromatic carbocycles. The first-order valence-electron chi connectivity index (χ1n) is 9.03. The fourth-order valence-corrected chi connectivity index (χ4v) is 4.16. The zero-order valence-corrected chi connectivity index (χ0v) is 13.9. The molecule has 22 heavy (non-hydrogen) atoms. The summed E-state index contributed by atoms with van der Waals surface area (Å²) < 4.78 is 5.51. The van der Waals surface area contributed by atoms with Crippen LogP contribution in [0.25, 0.3) is 0 Å². The van der Waals surface area contributed by atoms with Crippen molar-refractivity contribution < 1.29 is 9.53 Å². The van der Waals surface area contributed by atoms with E-state index in [2.05, 4.69) is 22.5 Å². The van der Waals surface area contributed by atoms with Crippen LogP contribution in [-0.4, -0.2) is 61.8 Å². The molecule has 1 saturated heterocycles. The van der Waals surface area contributed by atoms with E-state index in [-0.39, 0.29) is 17.5 Å². The Bertz CT molecular complexity index is 372. The summed E-state index contributed by atoms with van der Waals surface area (Å²) in [5.74, 6) is 0.965. The van der Waals surface area contributed by atoms with Gasteiger partial charge in [-0.1, -0.05) is 12.8 Å². The largest absolute Gasteiger partial charge is 0.379 e. The Labute approximate surface area is 134 Å². The Balaban J connectivity index is 1.52. The van der Waals surface area contributed by atoms with E-state index in [4.69, 9.17) is 4.74 Å². The van der Waals surface area contributed by atoms with Gasteiger partial charge >= 0.3 is 0 Å². The summed E-state index contributed by atoms with van der Waals surface area (Å²) in [6.45, 7) is 7.30. The minimum atomic E-state index is 0.146. The lowest BCUT2D eigenvalue weighted by molar-refractivity contribution is -0.122. The summed E-state index contributed by atoms with van der Waals surface area (Å²) in [7, 11) is 0. The van der Waals surface area contributed by atoms with E-state index in [0.717, 1.165) is 38.8 Å². The number of nitrogens with one attached hydrogen (secondary N) is 2. The van der Waals surface area contributed by atoms with Gasteiger partial charge in [0, 0.05) is 24.7 Å². The van der Waals surface area contributed by atoms with Gasteiger partial charge in [0.05, 0.1) is 19.8 Å². The highest BCUT2D eigenvalue weighted by atomic mass is 16.5. The van der Waals surface area contributed by atoms with Gasteiger partial charge < -0.3 is 15.4 Å². The molecule has 1 unspecified atom stereocenters. The lowest BCUT2D eigenvalue weighted by Crippen LogP contribution is -2.62. The maximum Gasteiger partial charge on any atom is 0.234 e. The molecule has 1 heterocycles. The van der Waals surface area contributed by atoms with Gasteiger partial charge in [0.15, 0.2) is 0 Å². The number of morpholine rings is 1. The minimum Gasteiger partial charge on any atom is -0.379 e. The van der Waals surface area contributed by atoms with E-state index < -0.39 is 0 Å². The molecule has 1 amide bonds. The number of nitrogens with zero attached hydrogens (tertiary/aromatic N) is 1. The molecule has 5 nitrogen and oxygen atoms in total. The zero-order valence-electron chi connectivity index (χ0n) is 13.9. The standard InChI is InChI=1S/C17H31N3O2/c1-14(19-16(21)13-18-12-15-4-5-15)17(6-2-3-7-17)20-8-10-22-11-9-20/h14-15,18H,2-13H2,1H3,(H,19,21). The first-order chi connectivity index (χ1) is 10.7. The third kappa shape index (κ3) is 3.81. The molecule has 126 valence electrons. The molecule has 0 bridgehead atoms. The third-order valence-corrected chi connectivity index (χ3v) is 5.71. The second kappa shape index (κ2) is 7.28. The van der Waals surface area contributed by atoms with Gasteiger partial charge in [0.2, 0.25) is 5.91 Å². The van der Waals surface area contributed by atoms with Crippen molar-refractivity contribution in [3.8, 4) is 0 Å². The van der Waals surface area contributed by atoms with Crippen LogP contribution in [0.3, 0.4) is 0 Å². The molecular weight excluding hydrogens is 278 g/mol. The Morgan fingerprint density at radius 1 is 1.27 bits per heavy atom. The van der Waals surface area contributed by atoms with Crippen LogP contribution in [0.15, 0.2) is 0 Å². The van der Waals surface area contributed by atoms with Crippen molar-refractivity contribution in [2.75, 3.05) is 39.4 Å². The molecule has 5 heteroatoms. The van der Waals surface area contributed by atoms with E-state index in [1.807, 2.05) is 0 Å². The van der Waals surface area contributed by atoms with Crippen LogP contribution in [0.5, 0.6) is 0 Å². The average Bonchev–Trinajstić information content (AvgIpc) is 3.21. The average molecular weight is 309 g/mol. The van der Waals surface area contributed by atoms with Crippen molar-refractivity contribution in [3.63, 3.8) is 0 Å².